The van der Waals surface area contributed by atoms with Crippen LogP contribution in [-0.4, -0.2) is 24.5 Å². The van der Waals surface area contributed by atoms with Gasteiger partial charge in [0.05, 0.1) is 0 Å². The monoisotopic (exact) mass is 142 g/mol. The van der Waals surface area contributed by atoms with Crippen molar-refractivity contribution in [2.45, 2.75) is 19.8 Å². The number of carbonyl (C=O) groups excluding carboxylic acids is 1. The lowest BCUT2D eigenvalue weighted by molar-refractivity contribution is -0.135. The summed E-state index contributed by atoms with van der Waals surface area (Å²) in [5, 5.41) is 1.66. The third kappa shape index (κ3) is 1.48. The van der Waals surface area contributed by atoms with Crippen LogP contribution < -0.4 is 5.43 Å². The van der Waals surface area contributed by atoms with E-state index in [0.717, 1.165) is 19.4 Å². The molecule has 3 heteroatoms. The highest BCUT2D eigenvalue weighted by molar-refractivity contribution is 5.80. The van der Waals surface area contributed by atoms with Crippen molar-refractivity contribution < 1.29 is 4.79 Å². The van der Waals surface area contributed by atoms with Crippen LogP contribution in [0.5, 0.6) is 0 Å². The van der Waals surface area contributed by atoms with E-state index < -0.39 is 0 Å². The maximum absolute atomic E-state index is 11.2. The summed E-state index contributed by atoms with van der Waals surface area (Å²) in [4.78, 5) is 11.2. The fourth-order valence-corrected chi connectivity index (χ4v) is 0.975. The highest BCUT2D eigenvalue weighted by Gasteiger charge is 2.32. The van der Waals surface area contributed by atoms with E-state index in [2.05, 4.69) is 5.43 Å². The average Bonchev–Trinajstić information content (AvgIpc) is 2.71. The molecule has 1 aliphatic carbocycles. The normalized spacial score (nSPS) is 17.0. The second-order valence-corrected chi connectivity index (χ2v) is 2.58. The summed E-state index contributed by atoms with van der Waals surface area (Å²) < 4.78 is 0. The second kappa shape index (κ2) is 3.01. The fourth-order valence-electron chi connectivity index (χ4n) is 0.975. The van der Waals surface area contributed by atoms with Crippen LogP contribution in [-0.2, 0) is 4.79 Å². The van der Waals surface area contributed by atoms with Gasteiger partial charge in [0.15, 0.2) is 0 Å². The van der Waals surface area contributed by atoms with Gasteiger partial charge >= 0.3 is 0 Å². The SMILES string of the molecule is CCN(NC)C(=O)C1CC1. The first kappa shape index (κ1) is 7.54. The van der Waals surface area contributed by atoms with Gasteiger partial charge in [-0.15, -0.1) is 0 Å². The first-order valence-electron chi connectivity index (χ1n) is 3.78. The van der Waals surface area contributed by atoms with Crippen LogP contribution in [0.4, 0.5) is 0 Å². The molecule has 1 rings (SSSR count). The standard InChI is InChI=1S/C7H14N2O/c1-3-9(8-2)7(10)6-4-5-6/h6,8H,3-5H2,1-2H3. The Morgan fingerprint density at radius 2 is 2.30 bits per heavy atom. The molecule has 0 unspecified atom stereocenters. The second-order valence-electron chi connectivity index (χ2n) is 2.58. The molecule has 0 radical (unpaired) electrons. The molecule has 58 valence electrons. The van der Waals surface area contributed by atoms with Crippen molar-refractivity contribution in [3.8, 4) is 0 Å². The highest BCUT2D eigenvalue weighted by Crippen LogP contribution is 2.30. The number of carbonyl (C=O) groups is 1. The third-order valence-electron chi connectivity index (χ3n) is 1.78. The van der Waals surface area contributed by atoms with E-state index in [1.54, 1.807) is 12.1 Å². The zero-order valence-electron chi connectivity index (χ0n) is 6.55. The van der Waals surface area contributed by atoms with Crippen molar-refractivity contribution in [2.75, 3.05) is 13.6 Å². The zero-order valence-corrected chi connectivity index (χ0v) is 6.55. The smallest absolute Gasteiger partial charge is 0.239 e. The molecular weight excluding hydrogens is 128 g/mol. The van der Waals surface area contributed by atoms with Gasteiger partial charge in [-0.25, -0.2) is 5.43 Å². The van der Waals surface area contributed by atoms with Gasteiger partial charge in [-0.2, -0.15) is 0 Å². The molecule has 0 atom stereocenters. The van der Waals surface area contributed by atoms with Gasteiger partial charge in [0.1, 0.15) is 0 Å². The minimum absolute atomic E-state index is 0.255. The predicted molar refractivity (Wildman–Crippen MR) is 39.2 cm³/mol. The molecule has 1 fully saturated rings. The summed E-state index contributed by atoms with van der Waals surface area (Å²) in [5.74, 6) is 0.581. The minimum atomic E-state index is 0.255. The summed E-state index contributed by atoms with van der Waals surface area (Å²) >= 11 is 0. The van der Waals surface area contributed by atoms with Gasteiger partial charge < -0.3 is 0 Å². The Morgan fingerprint density at radius 1 is 1.70 bits per heavy atom. The Balaban J connectivity index is 2.35. The molecule has 0 aromatic carbocycles. The quantitative estimate of drug-likeness (QED) is 0.578. The average molecular weight is 142 g/mol. The maximum atomic E-state index is 11.2. The summed E-state index contributed by atoms with van der Waals surface area (Å²) in [6.07, 6.45) is 2.16. The number of nitrogens with zero attached hydrogens (tertiary/aromatic N) is 1. The molecule has 0 saturated heterocycles. The number of rotatable bonds is 3. The molecule has 1 saturated carbocycles. The van der Waals surface area contributed by atoms with Gasteiger partial charge in [0.2, 0.25) is 5.91 Å². The molecule has 0 heterocycles. The molecule has 0 aromatic rings. The molecule has 0 aliphatic heterocycles. The summed E-state index contributed by atoms with van der Waals surface area (Å²) in [5.41, 5.74) is 2.86. The minimum Gasteiger partial charge on any atom is -0.278 e. The number of hydrogen-bond donors (Lipinski definition) is 1. The van der Waals surface area contributed by atoms with E-state index >= 15 is 0 Å². The Hall–Kier alpha value is -0.570. The van der Waals surface area contributed by atoms with Crippen molar-refractivity contribution in [3.63, 3.8) is 0 Å². The topological polar surface area (TPSA) is 32.3 Å². The molecule has 0 bridgehead atoms. The van der Waals surface area contributed by atoms with E-state index in [0.29, 0.717) is 5.92 Å². The number of hydrogen-bond acceptors (Lipinski definition) is 2. The van der Waals surface area contributed by atoms with Gasteiger partial charge in [0, 0.05) is 19.5 Å². The lowest BCUT2D eigenvalue weighted by atomic mass is 10.4. The first-order valence-corrected chi connectivity index (χ1v) is 3.78. The van der Waals surface area contributed by atoms with Crippen LogP contribution >= 0.6 is 0 Å². The highest BCUT2D eigenvalue weighted by atomic mass is 16.2. The fraction of sp³-hybridized carbons (Fsp3) is 0.857. The van der Waals surface area contributed by atoms with Crippen LogP contribution in [0.2, 0.25) is 0 Å². The molecule has 1 N–H and O–H groups in total. The zero-order chi connectivity index (χ0) is 7.56. The molecule has 1 amide bonds. The Kier molecular flexibility index (Phi) is 2.27. The summed E-state index contributed by atoms with van der Waals surface area (Å²) in [7, 11) is 1.78. The van der Waals surface area contributed by atoms with E-state index in [9.17, 15) is 4.79 Å². The van der Waals surface area contributed by atoms with Crippen molar-refractivity contribution in [3.05, 3.63) is 0 Å². The van der Waals surface area contributed by atoms with Crippen LogP contribution in [0.3, 0.4) is 0 Å². The Bertz CT molecular complexity index is 128. The molecule has 10 heavy (non-hydrogen) atoms. The van der Waals surface area contributed by atoms with Crippen molar-refractivity contribution in [1.29, 1.82) is 0 Å². The molecular formula is C7H14N2O. The van der Waals surface area contributed by atoms with E-state index in [1.807, 2.05) is 6.92 Å². The van der Waals surface area contributed by atoms with Crippen LogP contribution in [0.1, 0.15) is 19.8 Å². The maximum Gasteiger partial charge on any atom is 0.239 e. The van der Waals surface area contributed by atoms with Crippen molar-refractivity contribution in [2.24, 2.45) is 5.92 Å². The Labute approximate surface area is 61.4 Å². The molecule has 0 aromatic heterocycles. The largest absolute Gasteiger partial charge is 0.278 e. The van der Waals surface area contributed by atoms with Gasteiger partial charge in [-0.3, -0.25) is 9.80 Å². The number of amides is 1. The molecule has 0 spiro atoms. The number of nitrogens with one attached hydrogen (secondary N) is 1. The van der Waals surface area contributed by atoms with Gasteiger partial charge in [-0.1, -0.05) is 0 Å². The van der Waals surface area contributed by atoms with E-state index in [1.165, 1.54) is 0 Å². The lowest BCUT2D eigenvalue weighted by Gasteiger charge is -2.18. The molecule has 1 aliphatic rings. The van der Waals surface area contributed by atoms with Crippen LogP contribution in [0.25, 0.3) is 0 Å². The van der Waals surface area contributed by atoms with E-state index in [-0.39, 0.29) is 5.91 Å². The lowest BCUT2D eigenvalue weighted by Crippen LogP contribution is -2.41. The van der Waals surface area contributed by atoms with Crippen LogP contribution in [0, 0.1) is 5.92 Å². The summed E-state index contributed by atoms with van der Waals surface area (Å²) in [6, 6.07) is 0. The van der Waals surface area contributed by atoms with Crippen LogP contribution in [0.15, 0.2) is 0 Å². The van der Waals surface area contributed by atoms with Gasteiger partial charge in [0.25, 0.3) is 0 Å². The third-order valence-corrected chi connectivity index (χ3v) is 1.78. The van der Waals surface area contributed by atoms with Crippen molar-refractivity contribution >= 4 is 5.91 Å². The van der Waals surface area contributed by atoms with Crippen molar-refractivity contribution in [1.82, 2.24) is 10.4 Å². The summed E-state index contributed by atoms with van der Waals surface area (Å²) in [6.45, 7) is 2.72. The number of hydrazine groups is 1. The first-order chi connectivity index (χ1) is 4.79. The van der Waals surface area contributed by atoms with E-state index in [4.69, 9.17) is 0 Å². The Morgan fingerprint density at radius 3 is 2.60 bits per heavy atom. The predicted octanol–water partition coefficient (Wildman–Crippen LogP) is 0.379. The van der Waals surface area contributed by atoms with Gasteiger partial charge in [-0.05, 0) is 19.8 Å². The molecule has 3 nitrogen and oxygen atoms in total.